The van der Waals surface area contributed by atoms with Gasteiger partial charge in [0.15, 0.2) is 12.2 Å². The van der Waals surface area contributed by atoms with Gasteiger partial charge in [0, 0.05) is 28.6 Å². The maximum atomic E-state index is 13.6. The van der Waals surface area contributed by atoms with E-state index in [2.05, 4.69) is 0 Å². The smallest absolute Gasteiger partial charge is 0.478 e. The summed E-state index contributed by atoms with van der Waals surface area (Å²) in [6.07, 6.45) is 0. The molecule has 2 aliphatic rings. The molecular formula is C36H31O8P. The van der Waals surface area contributed by atoms with Gasteiger partial charge in [0.25, 0.3) is 0 Å². The monoisotopic (exact) mass is 622 g/mol. The van der Waals surface area contributed by atoms with Crippen molar-refractivity contribution in [2.45, 2.75) is 20.1 Å². The van der Waals surface area contributed by atoms with Gasteiger partial charge in [-0.25, -0.2) is 9.09 Å². The van der Waals surface area contributed by atoms with Crippen molar-refractivity contribution in [1.82, 2.24) is 0 Å². The van der Waals surface area contributed by atoms with Crippen molar-refractivity contribution in [3.05, 3.63) is 142 Å². The second-order valence-electron chi connectivity index (χ2n) is 10.3. The summed E-state index contributed by atoms with van der Waals surface area (Å²) >= 11 is 0. The van der Waals surface area contributed by atoms with Gasteiger partial charge in [-0.1, -0.05) is 66.7 Å². The van der Waals surface area contributed by atoms with Crippen LogP contribution in [0.4, 0.5) is 0 Å². The molecule has 1 heterocycles. The number of benzene rings is 5. The fourth-order valence-electron chi connectivity index (χ4n) is 5.00. The Balaban J connectivity index is 1.26. The molecule has 0 atom stereocenters. The molecule has 1 aliphatic heterocycles. The molecule has 4 aromatic rings. The van der Waals surface area contributed by atoms with Crippen LogP contribution in [0.3, 0.4) is 0 Å². The second-order valence-corrected chi connectivity index (χ2v) is 12.0. The van der Waals surface area contributed by atoms with E-state index < -0.39 is 14.6 Å². The molecule has 6 rings (SSSR count). The number of hydrogen-bond acceptors (Lipinski definition) is 8. The number of rotatable bonds is 12. The van der Waals surface area contributed by atoms with Gasteiger partial charge in [-0.3, -0.25) is 13.8 Å². The summed E-state index contributed by atoms with van der Waals surface area (Å²) in [6.45, 7) is 1.66. The summed E-state index contributed by atoms with van der Waals surface area (Å²) in [5, 5.41) is 0.825. The number of hydrogen-bond donors (Lipinski definition) is 0. The third-order valence-electron chi connectivity index (χ3n) is 7.27. The highest BCUT2D eigenvalue weighted by Gasteiger charge is 2.28. The fraction of sp³-hybridized carbons (Fsp3) is 0.139. The Bertz CT molecular complexity index is 1940. The summed E-state index contributed by atoms with van der Waals surface area (Å²) in [5.74, 6) is 1.60. The summed E-state index contributed by atoms with van der Waals surface area (Å²) in [6, 6.07) is 34.7. The second kappa shape index (κ2) is 13.5. The van der Waals surface area contributed by atoms with Crippen molar-refractivity contribution >= 4 is 18.8 Å². The van der Waals surface area contributed by atoms with Gasteiger partial charge in [-0.2, -0.15) is 0 Å². The highest BCUT2D eigenvalue weighted by Crippen LogP contribution is 2.51. The molecule has 0 bridgehead atoms. The zero-order chi connectivity index (χ0) is 31.2. The maximum absolute atomic E-state index is 13.6. The molecule has 45 heavy (non-hydrogen) atoms. The third-order valence-corrected chi connectivity index (χ3v) is 8.58. The predicted octanol–water partition coefficient (Wildman–Crippen LogP) is 8.78. The van der Waals surface area contributed by atoms with Crippen LogP contribution in [0.1, 0.15) is 16.7 Å². The van der Waals surface area contributed by atoms with E-state index in [1.54, 1.807) is 25.3 Å². The van der Waals surface area contributed by atoms with E-state index in [1.807, 2.05) is 91.9 Å². The minimum Gasteiger partial charge on any atom is -0.497 e. The van der Waals surface area contributed by atoms with Gasteiger partial charge >= 0.3 is 7.82 Å². The third kappa shape index (κ3) is 7.17. The molecule has 0 amide bonds. The number of methoxy groups -OCH3 is 1. The fourth-order valence-corrected chi connectivity index (χ4v) is 6.02. The molecule has 8 nitrogen and oxygen atoms in total. The van der Waals surface area contributed by atoms with Crippen molar-refractivity contribution in [3.63, 3.8) is 0 Å². The van der Waals surface area contributed by atoms with E-state index in [1.165, 1.54) is 12.1 Å². The van der Waals surface area contributed by atoms with Crippen LogP contribution in [-0.4, -0.2) is 13.9 Å². The van der Waals surface area contributed by atoms with Gasteiger partial charge in [0.1, 0.15) is 22.8 Å². The van der Waals surface area contributed by atoms with Gasteiger partial charge in [-0.05, 0) is 65.6 Å². The Morgan fingerprint density at radius 2 is 1.33 bits per heavy atom. The number of phosphoric acid groups is 1. The van der Waals surface area contributed by atoms with Crippen molar-refractivity contribution in [2.75, 3.05) is 13.9 Å². The zero-order valence-electron chi connectivity index (χ0n) is 24.8. The van der Waals surface area contributed by atoms with Crippen LogP contribution in [0, 0.1) is 6.92 Å². The molecule has 0 aromatic heterocycles. The zero-order valence-corrected chi connectivity index (χ0v) is 25.7. The van der Waals surface area contributed by atoms with Crippen molar-refractivity contribution in [3.8, 4) is 33.9 Å². The van der Waals surface area contributed by atoms with Crippen LogP contribution in [0.25, 0.3) is 33.4 Å². The van der Waals surface area contributed by atoms with E-state index in [4.69, 9.17) is 27.5 Å². The lowest BCUT2D eigenvalue weighted by molar-refractivity contribution is 0.0444. The maximum Gasteiger partial charge on any atom is 0.478 e. The Hall–Kier alpha value is -4.72. The number of fused-ring (bicyclic) bond motifs is 2. The van der Waals surface area contributed by atoms with Gasteiger partial charge in [0.2, 0.25) is 0 Å². The van der Waals surface area contributed by atoms with E-state index in [9.17, 15) is 9.36 Å². The first-order valence-corrected chi connectivity index (χ1v) is 15.8. The van der Waals surface area contributed by atoms with E-state index in [0.29, 0.717) is 17.1 Å². The topological polar surface area (TPSA) is 93.4 Å². The summed E-state index contributed by atoms with van der Waals surface area (Å²) in [4.78, 5) is 12.2. The highest BCUT2D eigenvalue weighted by molar-refractivity contribution is 7.48. The Kier molecular flexibility index (Phi) is 9.10. The lowest BCUT2D eigenvalue weighted by atomic mass is 9.91. The summed E-state index contributed by atoms with van der Waals surface area (Å²) < 4.78 is 48.0. The van der Waals surface area contributed by atoms with Crippen LogP contribution in [0.15, 0.2) is 124 Å². The molecule has 0 spiro atoms. The van der Waals surface area contributed by atoms with Crippen LogP contribution in [0.2, 0.25) is 0 Å². The van der Waals surface area contributed by atoms with Gasteiger partial charge in [0.05, 0.1) is 20.3 Å². The van der Waals surface area contributed by atoms with Crippen molar-refractivity contribution in [2.24, 2.45) is 0 Å². The first-order valence-electron chi connectivity index (χ1n) is 14.3. The molecule has 4 aromatic carbocycles. The van der Waals surface area contributed by atoms with Gasteiger partial charge < -0.3 is 13.9 Å². The number of ether oxygens (including phenoxy) is 2. The molecule has 0 unspecified atom stereocenters. The molecular weight excluding hydrogens is 591 g/mol. The van der Waals surface area contributed by atoms with Crippen LogP contribution in [0.5, 0.6) is 11.5 Å². The van der Waals surface area contributed by atoms with Crippen LogP contribution in [-0.2, 0) is 31.4 Å². The average Bonchev–Trinajstić information content (AvgIpc) is 3.06. The average molecular weight is 623 g/mol. The predicted molar refractivity (Wildman–Crippen MR) is 172 cm³/mol. The summed E-state index contributed by atoms with van der Waals surface area (Å²) in [7, 11) is -2.40. The van der Waals surface area contributed by atoms with E-state index >= 15 is 0 Å². The molecule has 1 aliphatic carbocycles. The molecule has 0 fully saturated rings. The Labute approximate surface area is 260 Å². The molecule has 0 N–H and O–H groups in total. The SMILES string of the molecule is COc1ccc(-c2c3ccc(=O)cc-3oc3cc(OCOP(=O)(OCc4ccccc4)OCc4ccccc4)ccc23)c(C)c1. The quantitative estimate of drug-likeness (QED) is 0.0760. The molecule has 0 saturated carbocycles. The molecule has 0 saturated heterocycles. The Morgan fingerprint density at radius 1 is 0.689 bits per heavy atom. The first-order chi connectivity index (χ1) is 21.9. The normalized spacial score (nSPS) is 11.6. The molecule has 228 valence electrons. The van der Waals surface area contributed by atoms with E-state index in [0.717, 1.165) is 44.5 Å². The van der Waals surface area contributed by atoms with Crippen LogP contribution < -0.4 is 14.9 Å². The van der Waals surface area contributed by atoms with E-state index in [-0.39, 0.29) is 18.6 Å². The standard InChI is InChI=1S/C36H31O8P/c1-25-19-29(39-2)14-17-31(25)36-32-16-13-28(37)20-34(32)44-35-21-30(15-18-33(35)36)40-24-43-45(38,41-22-26-9-5-3-6-10-26)42-23-27-11-7-4-8-12-27/h3-21H,22-24H2,1-2H3. The minimum atomic E-state index is -4.03. The lowest BCUT2D eigenvalue weighted by Gasteiger charge is -2.19. The lowest BCUT2D eigenvalue weighted by Crippen LogP contribution is -2.06. The van der Waals surface area contributed by atoms with Crippen LogP contribution >= 0.6 is 7.82 Å². The molecule has 0 radical (unpaired) electrons. The van der Waals surface area contributed by atoms with Crippen molar-refractivity contribution in [1.29, 1.82) is 0 Å². The minimum absolute atomic E-state index is 0.0318. The Morgan fingerprint density at radius 3 is 1.98 bits per heavy atom. The van der Waals surface area contributed by atoms with Crippen molar-refractivity contribution < 1.29 is 32.0 Å². The summed E-state index contributed by atoms with van der Waals surface area (Å²) in [5.41, 5.74) is 5.68. The molecule has 9 heteroatoms. The highest BCUT2D eigenvalue weighted by atomic mass is 31.2. The number of aryl methyl sites for hydroxylation is 1. The number of phosphoric ester groups is 1. The largest absolute Gasteiger partial charge is 0.497 e. The van der Waals surface area contributed by atoms with Gasteiger partial charge in [-0.15, -0.1) is 0 Å². The first kappa shape index (κ1) is 30.3.